The van der Waals surface area contributed by atoms with Crippen molar-refractivity contribution in [2.24, 2.45) is 13.0 Å². The normalized spacial score (nSPS) is 21.3. The number of para-hydroxylation sites is 1. The Balaban J connectivity index is 0.000000251. The van der Waals surface area contributed by atoms with Gasteiger partial charge in [-0.1, -0.05) is 43.5 Å². The number of benzene rings is 1. The monoisotopic (exact) mass is 521 g/mol. The molecule has 1 saturated heterocycles. The first-order valence-electron chi connectivity index (χ1n) is 12.5. The van der Waals surface area contributed by atoms with Gasteiger partial charge in [0.15, 0.2) is 0 Å². The molecule has 1 aromatic carbocycles. The molecule has 3 heterocycles. The van der Waals surface area contributed by atoms with E-state index in [0.717, 1.165) is 18.7 Å². The highest BCUT2D eigenvalue weighted by Crippen LogP contribution is 2.31. The molecule has 1 aliphatic carbocycles. The lowest BCUT2D eigenvalue weighted by atomic mass is 9.90. The highest BCUT2D eigenvalue weighted by atomic mass is 32.2. The van der Waals surface area contributed by atoms with Gasteiger partial charge >= 0.3 is 5.51 Å². The molecule has 2 aromatic heterocycles. The number of pyridine rings is 1. The predicted molar refractivity (Wildman–Crippen MR) is 139 cm³/mol. The predicted octanol–water partition coefficient (Wildman–Crippen LogP) is 5.96. The van der Waals surface area contributed by atoms with Gasteiger partial charge in [0.25, 0.3) is 0 Å². The van der Waals surface area contributed by atoms with Crippen LogP contribution >= 0.6 is 11.9 Å². The van der Waals surface area contributed by atoms with Crippen molar-refractivity contribution in [2.75, 3.05) is 24.6 Å². The number of aryl methyl sites for hydroxylation is 1. The van der Waals surface area contributed by atoms with Crippen molar-refractivity contribution in [3.63, 3.8) is 0 Å². The zero-order valence-corrected chi connectivity index (χ0v) is 21.3. The number of halogens is 3. The molecule has 0 amide bonds. The molecule has 2 atom stereocenters. The van der Waals surface area contributed by atoms with Crippen molar-refractivity contribution in [3.05, 3.63) is 54.9 Å². The maximum absolute atomic E-state index is 12.6. The van der Waals surface area contributed by atoms with Gasteiger partial charge in [-0.2, -0.15) is 18.3 Å². The lowest BCUT2D eigenvalue weighted by Crippen LogP contribution is -2.53. The molecule has 196 valence electrons. The van der Waals surface area contributed by atoms with Crippen LogP contribution in [0.3, 0.4) is 0 Å². The van der Waals surface area contributed by atoms with E-state index in [9.17, 15) is 13.2 Å². The Bertz CT molecular complexity index is 1060. The van der Waals surface area contributed by atoms with Crippen LogP contribution in [0.4, 0.5) is 19.0 Å². The molecule has 0 radical (unpaired) electrons. The van der Waals surface area contributed by atoms with Crippen LogP contribution in [0, 0.1) is 5.92 Å². The summed E-state index contributed by atoms with van der Waals surface area (Å²) in [5.41, 5.74) is -3.10. The zero-order valence-electron chi connectivity index (χ0n) is 20.5. The van der Waals surface area contributed by atoms with Crippen LogP contribution in [0.1, 0.15) is 38.5 Å². The third kappa shape index (κ3) is 7.85. The zero-order chi connectivity index (χ0) is 25.4. The van der Waals surface area contributed by atoms with Crippen LogP contribution in [-0.4, -0.2) is 52.1 Å². The fraction of sp³-hybridized carbons (Fsp3) is 0.538. The molecule has 6 nitrogen and oxygen atoms in total. The van der Waals surface area contributed by atoms with Gasteiger partial charge in [0.05, 0.1) is 17.8 Å². The summed E-state index contributed by atoms with van der Waals surface area (Å²) < 4.78 is 48.4. The van der Waals surface area contributed by atoms with Crippen LogP contribution in [0.5, 0.6) is 0 Å². The summed E-state index contributed by atoms with van der Waals surface area (Å²) in [6.45, 7) is 1.85. The molecule has 2 fully saturated rings. The molecule has 3 aromatic rings. The summed E-state index contributed by atoms with van der Waals surface area (Å²) in [6.07, 6.45) is 9.97. The number of nitrogens with one attached hydrogen (secondary N) is 1. The lowest BCUT2D eigenvalue weighted by Gasteiger charge is -2.39. The Morgan fingerprint density at radius 1 is 1.06 bits per heavy atom. The topological polar surface area (TPSA) is 55.2 Å². The third-order valence-electron chi connectivity index (χ3n) is 6.78. The summed E-state index contributed by atoms with van der Waals surface area (Å²) in [5, 5.41) is 5.31. The van der Waals surface area contributed by atoms with Crippen LogP contribution in [0.15, 0.2) is 54.9 Å². The van der Waals surface area contributed by atoms with E-state index in [-0.39, 0.29) is 24.1 Å². The number of fused-ring (bicyclic) bond motifs is 1. The first kappa shape index (κ1) is 26.8. The minimum Gasteiger partial charge on any atom is -0.374 e. The average Bonchev–Trinajstić information content (AvgIpc) is 3.28. The lowest BCUT2D eigenvalue weighted by molar-refractivity contribution is -0.0354. The van der Waals surface area contributed by atoms with E-state index in [1.165, 1.54) is 30.2 Å². The highest BCUT2D eigenvalue weighted by molar-refractivity contribution is 7.98. The van der Waals surface area contributed by atoms with Crippen molar-refractivity contribution >= 4 is 28.7 Å². The number of piperidine rings is 1. The molecule has 2 aliphatic rings. The standard InChI is InChI=1S/C18H26F3N3OS.C8H8N2/c19-18(20,21)26-23-15-9-11-24(17-8-4-5-10-22-17)12-16(15)25-13-14-6-2-1-3-7-14;1-10-8-5-3-2-4-7(8)6-9-10/h4-5,8,10,14-16,23H,1-3,6-7,9,11-13H2;2-6H,1H3. The Kier molecular flexibility index (Phi) is 9.50. The van der Waals surface area contributed by atoms with Crippen LogP contribution < -0.4 is 9.62 Å². The second-order valence-corrected chi connectivity index (χ2v) is 10.3. The second kappa shape index (κ2) is 12.8. The van der Waals surface area contributed by atoms with Crippen LogP contribution in [-0.2, 0) is 11.8 Å². The number of aromatic nitrogens is 3. The highest BCUT2D eigenvalue weighted by Gasteiger charge is 2.36. The summed E-state index contributed by atoms with van der Waals surface area (Å²) >= 11 is -0.162. The smallest absolute Gasteiger partial charge is 0.374 e. The Morgan fingerprint density at radius 3 is 2.56 bits per heavy atom. The SMILES string of the molecule is Cn1ncc2ccccc21.FC(F)(F)SNC1CCN(c2ccccn2)CC1OCC1CCCCC1. The molecule has 1 aliphatic heterocycles. The number of anilines is 1. The number of alkyl halides is 3. The fourth-order valence-electron chi connectivity index (χ4n) is 4.83. The van der Waals surface area contributed by atoms with Gasteiger partial charge in [0.2, 0.25) is 0 Å². The van der Waals surface area contributed by atoms with E-state index in [4.69, 9.17) is 4.74 Å². The van der Waals surface area contributed by atoms with Gasteiger partial charge in [-0.05, 0) is 43.4 Å². The van der Waals surface area contributed by atoms with Crippen molar-refractivity contribution in [2.45, 2.75) is 56.2 Å². The minimum atomic E-state index is -4.29. The number of nitrogens with zero attached hydrogens (tertiary/aromatic N) is 4. The first-order valence-corrected chi connectivity index (χ1v) is 13.4. The van der Waals surface area contributed by atoms with E-state index in [1.54, 1.807) is 6.20 Å². The Morgan fingerprint density at radius 2 is 1.83 bits per heavy atom. The summed E-state index contributed by atoms with van der Waals surface area (Å²) in [6, 6.07) is 13.5. The molecule has 1 saturated carbocycles. The van der Waals surface area contributed by atoms with E-state index in [2.05, 4.69) is 31.8 Å². The van der Waals surface area contributed by atoms with Crippen LogP contribution in [0.25, 0.3) is 10.9 Å². The Hall–Kier alpha value is -2.30. The van der Waals surface area contributed by atoms with Crippen molar-refractivity contribution in [1.82, 2.24) is 19.5 Å². The average molecular weight is 522 g/mol. The minimum absolute atomic E-state index is 0.162. The van der Waals surface area contributed by atoms with Crippen molar-refractivity contribution < 1.29 is 17.9 Å². The molecule has 0 bridgehead atoms. The van der Waals surface area contributed by atoms with Gasteiger partial charge in [-0.3, -0.25) is 9.40 Å². The molecular weight excluding hydrogens is 487 g/mol. The fourth-order valence-corrected chi connectivity index (χ4v) is 5.38. The third-order valence-corrected chi connectivity index (χ3v) is 7.44. The molecule has 5 rings (SSSR count). The summed E-state index contributed by atoms with van der Waals surface area (Å²) in [4.78, 5) is 6.46. The molecule has 10 heteroatoms. The Labute approximate surface area is 214 Å². The van der Waals surface area contributed by atoms with E-state index in [0.29, 0.717) is 32.0 Å². The molecular formula is C26H34F3N5OS. The molecule has 2 unspecified atom stereocenters. The van der Waals surface area contributed by atoms with Gasteiger partial charge in [-0.25, -0.2) is 4.98 Å². The summed E-state index contributed by atoms with van der Waals surface area (Å²) in [7, 11) is 1.95. The van der Waals surface area contributed by atoms with Crippen LogP contribution in [0.2, 0.25) is 0 Å². The molecule has 36 heavy (non-hydrogen) atoms. The quantitative estimate of drug-likeness (QED) is 0.404. The number of ether oxygens (including phenoxy) is 1. The van der Waals surface area contributed by atoms with Gasteiger partial charge < -0.3 is 9.64 Å². The summed E-state index contributed by atoms with van der Waals surface area (Å²) in [5.74, 6) is 1.38. The maximum Gasteiger partial charge on any atom is 0.456 e. The van der Waals surface area contributed by atoms with E-state index >= 15 is 0 Å². The van der Waals surface area contributed by atoms with Crippen molar-refractivity contribution in [3.8, 4) is 0 Å². The van der Waals surface area contributed by atoms with Gasteiger partial charge in [-0.15, -0.1) is 0 Å². The molecule has 0 spiro atoms. The first-order chi connectivity index (χ1) is 17.4. The molecule has 1 N–H and O–H groups in total. The maximum atomic E-state index is 12.6. The second-order valence-electron chi connectivity index (χ2n) is 9.40. The van der Waals surface area contributed by atoms with E-state index < -0.39 is 5.51 Å². The number of hydrogen-bond acceptors (Lipinski definition) is 6. The van der Waals surface area contributed by atoms with Gasteiger partial charge in [0, 0.05) is 56.3 Å². The van der Waals surface area contributed by atoms with Gasteiger partial charge in [0.1, 0.15) is 5.82 Å². The number of hydrogen-bond donors (Lipinski definition) is 1. The largest absolute Gasteiger partial charge is 0.456 e. The number of rotatable bonds is 6. The van der Waals surface area contributed by atoms with E-state index in [1.807, 2.05) is 48.3 Å². The van der Waals surface area contributed by atoms with Crippen molar-refractivity contribution in [1.29, 1.82) is 0 Å².